The number of nitrogens with zero attached hydrogens (tertiary/aromatic N) is 4. The molecule has 1 aliphatic heterocycles. The van der Waals surface area contributed by atoms with Crippen LogP contribution in [0.25, 0.3) is 0 Å². The highest BCUT2D eigenvalue weighted by Gasteiger charge is 2.23. The van der Waals surface area contributed by atoms with Gasteiger partial charge in [0.05, 0.1) is 9.85 Å². The summed E-state index contributed by atoms with van der Waals surface area (Å²) in [6.45, 7) is 3.08. The van der Waals surface area contributed by atoms with Gasteiger partial charge in [0.2, 0.25) is 0 Å². The molecule has 2 aromatic carbocycles. The Labute approximate surface area is 177 Å². The van der Waals surface area contributed by atoms with E-state index in [0.717, 1.165) is 0 Å². The van der Waals surface area contributed by atoms with E-state index in [0.29, 0.717) is 39.3 Å². The molecule has 1 N–H and O–H groups in total. The molecule has 0 spiro atoms. The van der Waals surface area contributed by atoms with E-state index in [9.17, 15) is 29.8 Å². The van der Waals surface area contributed by atoms with Crippen LogP contribution in [0.5, 0.6) is 0 Å². The molecule has 11 nitrogen and oxygen atoms in total. The third kappa shape index (κ3) is 5.60. The number of amides is 2. The zero-order valence-electron chi connectivity index (χ0n) is 16.6. The van der Waals surface area contributed by atoms with Gasteiger partial charge in [-0.05, 0) is 12.1 Å². The van der Waals surface area contributed by atoms with E-state index in [2.05, 4.69) is 10.2 Å². The van der Waals surface area contributed by atoms with Crippen molar-refractivity contribution in [2.75, 3.05) is 39.3 Å². The highest BCUT2D eigenvalue weighted by Crippen LogP contribution is 2.16. The molecule has 0 aromatic heterocycles. The molecule has 0 radical (unpaired) electrons. The largest absolute Gasteiger partial charge is 0.351 e. The van der Waals surface area contributed by atoms with Gasteiger partial charge < -0.3 is 10.2 Å². The fraction of sp³-hybridized carbons (Fsp3) is 0.300. The van der Waals surface area contributed by atoms with Crippen LogP contribution >= 0.6 is 0 Å². The Bertz CT molecular complexity index is 1000. The Hall–Kier alpha value is -3.86. The maximum absolute atomic E-state index is 12.6. The minimum absolute atomic E-state index is 0.121. The first-order valence-corrected chi connectivity index (χ1v) is 9.64. The summed E-state index contributed by atoms with van der Waals surface area (Å²) in [5.41, 5.74) is 0.245. The maximum atomic E-state index is 12.6. The van der Waals surface area contributed by atoms with Crippen molar-refractivity contribution in [3.8, 4) is 0 Å². The summed E-state index contributed by atoms with van der Waals surface area (Å²) in [7, 11) is 0. The number of nitro benzene ring substituents is 2. The van der Waals surface area contributed by atoms with Crippen LogP contribution in [0.1, 0.15) is 20.7 Å². The molecule has 0 atom stereocenters. The molecule has 0 unspecified atom stereocenters. The Morgan fingerprint density at radius 1 is 0.871 bits per heavy atom. The lowest BCUT2D eigenvalue weighted by atomic mass is 10.1. The van der Waals surface area contributed by atoms with Crippen LogP contribution in [0.4, 0.5) is 11.4 Å². The van der Waals surface area contributed by atoms with E-state index in [1.165, 1.54) is 42.5 Å². The number of carbonyl (C=O) groups excluding carboxylic acids is 2. The van der Waals surface area contributed by atoms with E-state index < -0.39 is 9.85 Å². The van der Waals surface area contributed by atoms with Gasteiger partial charge in [-0.1, -0.05) is 12.1 Å². The zero-order chi connectivity index (χ0) is 22.4. The summed E-state index contributed by atoms with van der Waals surface area (Å²) in [5, 5.41) is 24.5. The van der Waals surface area contributed by atoms with Crippen LogP contribution in [0.3, 0.4) is 0 Å². The molecule has 162 valence electrons. The first kappa shape index (κ1) is 21.8. The fourth-order valence-electron chi connectivity index (χ4n) is 3.30. The molecule has 2 amide bonds. The number of rotatable bonds is 7. The number of benzene rings is 2. The Kier molecular flexibility index (Phi) is 6.88. The Morgan fingerprint density at radius 2 is 1.42 bits per heavy atom. The van der Waals surface area contributed by atoms with Crippen molar-refractivity contribution in [1.29, 1.82) is 0 Å². The summed E-state index contributed by atoms with van der Waals surface area (Å²) in [4.78, 5) is 49.1. The predicted octanol–water partition coefficient (Wildman–Crippen LogP) is 1.69. The number of carbonyl (C=O) groups is 2. The van der Waals surface area contributed by atoms with Gasteiger partial charge in [0.15, 0.2) is 0 Å². The SMILES string of the molecule is O=C(NCCN1CCN(C(=O)c2cccc([N+](=O)[O-])c2)CC1)c1cccc([N+](=O)[O-])c1. The smallest absolute Gasteiger partial charge is 0.270 e. The molecule has 1 fully saturated rings. The molecule has 3 rings (SSSR count). The highest BCUT2D eigenvalue weighted by atomic mass is 16.6. The van der Waals surface area contributed by atoms with Crippen LogP contribution in [-0.2, 0) is 0 Å². The van der Waals surface area contributed by atoms with Crippen LogP contribution in [0, 0.1) is 20.2 Å². The molecule has 1 aliphatic rings. The van der Waals surface area contributed by atoms with Crippen molar-refractivity contribution < 1.29 is 19.4 Å². The van der Waals surface area contributed by atoms with Crippen molar-refractivity contribution in [1.82, 2.24) is 15.1 Å². The average Bonchev–Trinajstić information content (AvgIpc) is 2.79. The second-order valence-electron chi connectivity index (χ2n) is 7.00. The average molecular weight is 427 g/mol. The van der Waals surface area contributed by atoms with E-state index in [1.54, 1.807) is 11.0 Å². The van der Waals surface area contributed by atoms with Crippen molar-refractivity contribution in [2.45, 2.75) is 0 Å². The van der Waals surface area contributed by atoms with E-state index in [-0.39, 0.29) is 34.3 Å². The molecule has 1 saturated heterocycles. The lowest BCUT2D eigenvalue weighted by Crippen LogP contribution is -2.50. The minimum atomic E-state index is -0.550. The summed E-state index contributed by atoms with van der Waals surface area (Å²) >= 11 is 0. The van der Waals surface area contributed by atoms with Crippen LogP contribution in [-0.4, -0.2) is 70.7 Å². The van der Waals surface area contributed by atoms with E-state index >= 15 is 0 Å². The van der Waals surface area contributed by atoms with Crippen LogP contribution in [0.2, 0.25) is 0 Å². The van der Waals surface area contributed by atoms with Gasteiger partial charge in [0, 0.05) is 74.7 Å². The lowest BCUT2D eigenvalue weighted by molar-refractivity contribution is -0.385. The van der Waals surface area contributed by atoms with E-state index in [1.807, 2.05) is 0 Å². The molecule has 31 heavy (non-hydrogen) atoms. The van der Waals surface area contributed by atoms with Crippen molar-refractivity contribution >= 4 is 23.2 Å². The van der Waals surface area contributed by atoms with Crippen molar-refractivity contribution in [2.24, 2.45) is 0 Å². The molecule has 0 bridgehead atoms. The normalized spacial score (nSPS) is 14.1. The summed E-state index contributed by atoms with van der Waals surface area (Å²) < 4.78 is 0. The monoisotopic (exact) mass is 427 g/mol. The Balaban J connectivity index is 1.45. The second-order valence-corrected chi connectivity index (χ2v) is 7.00. The number of hydrogen-bond acceptors (Lipinski definition) is 7. The minimum Gasteiger partial charge on any atom is -0.351 e. The summed E-state index contributed by atoms with van der Waals surface area (Å²) in [5.74, 6) is -0.634. The second kappa shape index (κ2) is 9.76. The molecule has 1 heterocycles. The number of nitrogens with one attached hydrogen (secondary N) is 1. The van der Waals surface area contributed by atoms with Gasteiger partial charge in [0.1, 0.15) is 0 Å². The predicted molar refractivity (Wildman–Crippen MR) is 111 cm³/mol. The number of nitro groups is 2. The Morgan fingerprint density at radius 3 is 2.00 bits per heavy atom. The van der Waals surface area contributed by atoms with Crippen molar-refractivity contribution in [3.63, 3.8) is 0 Å². The van der Waals surface area contributed by atoms with Crippen LogP contribution < -0.4 is 5.32 Å². The van der Waals surface area contributed by atoms with Gasteiger partial charge in [-0.3, -0.25) is 34.7 Å². The summed E-state index contributed by atoms with van der Waals surface area (Å²) in [6, 6.07) is 11.2. The molecule has 0 aliphatic carbocycles. The topological polar surface area (TPSA) is 139 Å². The first-order valence-electron chi connectivity index (χ1n) is 9.64. The molecule has 0 saturated carbocycles. The quantitative estimate of drug-likeness (QED) is 0.524. The van der Waals surface area contributed by atoms with Gasteiger partial charge in [-0.25, -0.2) is 0 Å². The third-order valence-corrected chi connectivity index (χ3v) is 5.00. The summed E-state index contributed by atoms with van der Waals surface area (Å²) in [6.07, 6.45) is 0. The molecule has 11 heteroatoms. The van der Waals surface area contributed by atoms with Crippen LogP contribution in [0.15, 0.2) is 48.5 Å². The number of non-ortho nitro benzene ring substituents is 2. The van der Waals surface area contributed by atoms with Gasteiger partial charge in [0.25, 0.3) is 23.2 Å². The fourth-order valence-corrected chi connectivity index (χ4v) is 3.30. The van der Waals surface area contributed by atoms with Gasteiger partial charge >= 0.3 is 0 Å². The van der Waals surface area contributed by atoms with Crippen molar-refractivity contribution in [3.05, 3.63) is 79.9 Å². The van der Waals surface area contributed by atoms with E-state index in [4.69, 9.17) is 0 Å². The van der Waals surface area contributed by atoms with Gasteiger partial charge in [-0.15, -0.1) is 0 Å². The molecular formula is C20H21N5O6. The first-order chi connectivity index (χ1) is 14.8. The lowest BCUT2D eigenvalue weighted by Gasteiger charge is -2.34. The third-order valence-electron chi connectivity index (χ3n) is 5.00. The number of piperazine rings is 1. The highest BCUT2D eigenvalue weighted by molar-refractivity contribution is 5.95. The standard InChI is InChI=1S/C20H21N5O6/c26-19(15-3-1-5-17(13-15)24(28)29)21-7-8-22-9-11-23(12-10-22)20(27)16-4-2-6-18(14-16)25(30)31/h1-6,13-14H,7-12H2,(H,21,26). The molecular weight excluding hydrogens is 406 g/mol. The number of hydrogen-bond donors (Lipinski definition) is 1. The zero-order valence-corrected chi connectivity index (χ0v) is 16.6. The molecule has 2 aromatic rings. The van der Waals surface area contributed by atoms with Gasteiger partial charge in [-0.2, -0.15) is 0 Å². The maximum Gasteiger partial charge on any atom is 0.270 e.